The van der Waals surface area contributed by atoms with E-state index in [1.807, 2.05) is 0 Å². The first kappa shape index (κ1) is 10.9. The van der Waals surface area contributed by atoms with Crippen LogP contribution in [0.3, 0.4) is 0 Å². The van der Waals surface area contributed by atoms with Gasteiger partial charge in [-0.2, -0.15) is 5.10 Å². The highest BCUT2D eigenvalue weighted by atomic mass is 35.5. The van der Waals surface area contributed by atoms with Crippen LogP contribution >= 0.6 is 11.6 Å². The van der Waals surface area contributed by atoms with Gasteiger partial charge in [-0.05, 0) is 0 Å². The predicted octanol–water partition coefficient (Wildman–Crippen LogP) is 1.65. The summed E-state index contributed by atoms with van der Waals surface area (Å²) in [6.45, 7) is 1.65. The lowest BCUT2D eigenvalue weighted by Gasteiger charge is -2.01. The Morgan fingerprint density at radius 2 is 2.44 bits per heavy atom. The maximum absolute atomic E-state index is 10.7. The third-order valence-corrected chi connectivity index (χ3v) is 2.46. The molecule has 2 aromatic rings. The van der Waals surface area contributed by atoms with Gasteiger partial charge in [-0.3, -0.25) is 4.79 Å². The number of carboxylic acid groups (broad SMARTS) is 1. The highest BCUT2D eigenvalue weighted by molar-refractivity contribution is 6.30. The molecule has 2 heterocycles. The van der Waals surface area contributed by atoms with Crippen molar-refractivity contribution in [3.63, 3.8) is 0 Å². The van der Waals surface area contributed by atoms with Gasteiger partial charge in [0, 0.05) is 18.7 Å². The summed E-state index contributed by atoms with van der Waals surface area (Å²) in [7, 11) is 0. The Hall–Kier alpha value is -1.62. The van der Waals surface area contributed by atoms with Crippen molar-refractivity contribution in [3.8, 4) is 0 Å². The van der Waals surface area contributed by atoms with Crippen LogP contribution in [0.2, 0.25) is 5.02 Å². The molecule has 0 saturated carbocycles. The normalized spacial score (nSPS) is 12.9. The van der Waals surface area contributed by atoms with E-state index in [4.69, 9.17) is 16.7 Å². The number of carboxylic acids is 1. The molecular formula is C10H10ClN3O2. The van der Waals surface area contributed by atoms with Crippen LogP contribution in [0.4, 0.5) is 0 Å². The Bertz CT molecular complexity index is 538. The van der Waals surface area contributed by atoms with Crippen molar-refractivity contribution in [1.29, 1.82) is 0 Å². The van der Waals surface area contributed by atoms with E-state index in [-0.39, 0.29) is 0 Å². The lowest BCUT2D eigenvalue weighted by atomic mass is 10.1. The van der Waals surface area contributed by atoms with E-state index >= 15 is 0 Å². The minimum atomic E-state index is -0.831. The Labute approximate surface area is 96.7 Å². The molecule has 0 radical (unpaired) electrons. The zero-order chi connectivity index (χ0) is 11.7. The molecule has 2 rings (SSSR count). The molecule has 84 valence electrons. The molecule has 0 aliphatic rings. The van der Waals surface area contributed by atoms with Crippen molar-refractivity contribution >= 4 is 23.2 Å². The molecule has 0 saturated heterocycles. The maximum Gasteiger partial charge on any atom is 0.306 e. The van der Waals surface area contributed by atoms with Gasteiger partial charge in [0.15, 0.2) is 5.65 Å². The molecule has 0 aromatic carbocycles. The molecule has 0 bridgehead atoms. The van der Waals surface area contributed by atoms with Crippen LogP contribution in [0, 0.1) is 5.92 Å². The highest BCUT2D eigenvalue weighted by Crippen LogP contribution is 2.12. The number of carbonyl (C=O) groups is 1. The molecular weight excluding hydrogens is 230 g/mol. The van der Waals surface area contributed by atoms with Crippen LogP contribution in [0.5, 0.6) is 0 Å². The smallest absolute Gasteiger partial charge is 0.306 e. The van der Waals surface area contributed by atoms with Crippen LogP contribution in [0.1, 0.15) is 12.6 Å². The Morgan fingerprint density at radius 1 is 1.69 bits per heavy atom. The van der Waals surface area contributed by atoms with Crippen molar-refractivity contribution in [2.75, 3.05) is 0 Å². The summed E-state index contributed by atoms with van der Waals surface area (Å²) >= 11 is 5.77. The number of nitrogens with zero attached hydrogens (tertiary/aromatic N) is 3. The van der Waals surface area contributed by atoms with Crippen LogP contribution in [-0.2, 0) is 11.2 Å². The zero-order valence-corrected chi connectivity index (χ0v) is 9.35. The van der Waals surface area contributed by atoms with Crippen molar-refractivity contribution in [1.82, 2.24) is 14.6 Å². The molecule has 16 heavy (non-hydrogen) atoms. The van der Waals surface area contributed by atoms with E-state index in [1.165, 1.54) is 6.20 Å². The molecule has 6 heteroatoms. The van der Waals surface area contributed by atoms with Gasteiger partial charge in [0.2, 0.25) is 0 Å². The summed E-state index contributed by atoms with van der Waals surface area (Å²) in [5.74, 6) is -1.29. The van der Waals surface area contributed by atoms with Crippen molar-refractivity contribution in [2.45, 2.75) is 13.3 Å². The van der Waals surface area contributed by atoms with Gasteiger partial charge in [-0.15, -0.1) is 0 Å². The second-order valence-electron chi connectivity index (χ2n) is 3.65. The summed E-state index contributed by atoms with van der Waals surface area (Å²) in [5.41, 5.74) is 1.36. The van der Waals surface area contributed by atoms with Crippen molar-refractivity contribution in [2.24, 2.45) is 5.92 Å². The van der Waals surface area contributed by atoms with Crippen LogP contribution in [0.25, 0.3) is 5.65 Å². The van der Waals surface area contributed by atoms with E-state index in [1.54, 1.807) is 23.7 Å². The minimum Gasteiger partial charge on any atom is -0.481 e. The summed E-state index contributed by atoms with van der Waals surface area (Å²) in [4.78, 5) is 14.8. The van der Waals surface area contributed by atoms with Gasteiger partial charge in [0.1, 0.15) is 0 Å². The van der Waals surface area contributed by atoms with Gasteiger partial charge in [-0.25, -0.2) is 9.50 Å². The van der Waals surface area contributed by atoms with E-state index in [0.29, 0.717) is 22.8 Å². The van der Waals surface area contributed by atoms with E-state index in [2.05, 4.69) is 10.1 Å². The standard InChI is InChI=1S/C10H10ClN3O2/c1-6(10(15)16)2-8-3-9-12-4-7(11)5-14(9)13-8/h3-6H,2H2,1H3,(H,15,16). The highest BCUT2D eigenvalue weighted by Gasteiger charge is 2.14. The fourth-order valence-electron chi connectivity index (χ4n) is 1.40. The molecule has 0 spiro atoms. The van der Waals surface area contributed by atoms with Gasteiger partial charge in [-0.1, -0.05) is 18.5 Å². The van der Waals surface area contributed by atoms with Crippen molar-refractivity contribution < 1.29 is 9.90 Å². The number of aromatic nitrogens is 3. The number of rotatable bonds is 3. The molecule has 1 N–H and O–H groups in total. The van der Waals surface area contributed by atoms with Gasteiger partial charge in [0.05, 0.1) is 22.8 Å². The topological polar surface area (TPSA) is 67.5 Å². The monoisotopic (exact) mass is 239 g/mol. The molecule has 0 fully saturated rings. The molecule has 1 unspecified atom stereocenters. The predicted molar refractivity (Wildman–Crippen MR) is 58.5 cm³/mol. The summed E-state index contributed by atoms with van der Waals surface area (Å²) < 4.78 is 1.55. The molecule has 0 aliphatic heterocycles. The lowest BCUT2D eigenvalue weighted by molar-refractivity contribution is -0.141. The minimum absolute atomic E-state index is 0.385. The average molecular weight is 240 g/mol. The third kappa shape index (κ3) is 2.14. The molecule has 5 nitrogen and oxygen atoms in total. The molecule has 0 aliphatic carbocycles. The summed E-state index contributed by atoms with van der Waals surface area (Å²) in [5, 5.41) is 13.5. The van der Waals surface area contributed by atoms with Crippen molar-refractivity contribution in [3.05, 3.63) is 29.2 Å². The number of fused-ring (bicyclic) bond motifs is 1. The first-order chi connectivity index (χ1) is 7.56. The first-order valence-electron chi connectivity index (χ1n) is 4.79. The van der Waals surface area contributed by atoms with Gasteiger partial charge >= 0.3 is 5.97 Å². The van der Waals surface area contributed by atoms with Crippen LogP contribution in [-0.4, -0.2) is 25.7 Å². The number of hydrogen-bond donors (Lipinski definition) is 1. The Balaban J connectivity index is 2.29. The molecule has 2 aromatic heterocycles. The van der Waals surface area contributed by atoms with Crippen LogP contribution in [0.15, 0.2) is 18.5 Å². The van der Waals surface area contributed by atoms with E-state index in [9.17, 15) is 4.79 Å². The maximum atomic E-state index is 10.7. The fraction of sp³-hybridized carbons (Fsp3) is 0.300. The first-order valence-corrected chi connectivity index (χ1v) is 5.16. The number of hydrogen-bond acceptors (Lipinski definition) is 3. The molecule has 0 amide bonds. The second kappa shape index (κ2) is 4.09. The van der Waals surface area contributed by atoms with Crippen LogP contribution < -0.4 is 0 Å². The number of halogens is 1. The summed E-state index contributed by atoms with van der Waals surface area (Å²) in [6, 6.07) is 1.76. The SMILES string of the molecule is CC(Cc1cc2ncc(Cl)cn2n1)C(=O)O. The van der Waals surface area contributed by atoms with E-state index < -0.39 is 11.9 Å². The van der Waals surface area contributed by atoms with Gasteiger partial charge in [0.25, 0.3) is 0 Å². The second-order valence-corrected chi connectivity index (χ2v) is 4.09. The molecule has 1 atom stereocenters. The Morgan fingerprint density at radius 3 is 3.12 bits per heavy atom. The average Bonchev–Trinajstić information content (AvgIpc) is 2.58. The van der Waals surface area contributed by atoms with E-state index in [0.717, 1.165) is 0 Å². The number of aliphatic carboxylic acids is 1. The lowest BCUT2D eigenvalue weighted by Crippen LogP contribution is -2.12. The largest absolute Gasteiger partial charge is 0.481 e. The fourth-order valence-corrected chi connectivity index (χ4v) is 1.55. The quantitative estimate of drug-likeness (QED) is 0.884. The zero-order valence-electron chi connectivity index (χ0n) is 8.59. The third-order valence-electron chi connectivity index (χ3n) is 2.27. The van der Waals surface area contributed by atoms with Gasteiger partial charge < -0.3 is 5.11 Å². The summed E-state index contributed by atoms with van der Waals surface area (Å²) in [6.07, 6.45) is 3.55. The Kier molecular flexibility index (Phi) is 2.78.